The molecule has 2 unspecified atom stereocenters. The van der Waals surface area contributed by atoms with E-state index in [1.807, 2.05) is 0 Å². The van der Waals surface area contributed by atoms with E-state index in [4.69, 9.17) is 10.8 Å². The van der Waals surface area contributed by atoms with Crippen LogP contribution in [0.1, 0.15) is 0 Å². The number of carboxylic acid groups (broad SMARTS) is 1. The molecular weight excluding hydrogens is 214 g/mol. The molecule has 2 rings (SSSR count). The summed E-state index contributed by atoms with van der Waals surface area (Å²) in [5.41, 5.74) is 8.01. The van der Waals surface area contributed by atoms with Gasteiger partial charge in [-0.25, -0.2) is 4.79 Å². The van der Waals surface area contributed by atoms with Crippen LogP contribution in [-0.2, 0) is 14.4 Å². The molecule has 1 fully saturated rings. The number of hydrazine groups is 1. The van der Waals surface area contributed by atoms with Crippen molar-refractivity contribution in [2.75, 3.05) is 0 Å². The summed E-state index contributed by atoms with van der Waals surface area (Å²) in [5, 5.41) is 9.03. The van der Waals surface area contributed by atoms with Gasteiger partial charge in [-0.1, -0.05) is 18.2 Å². The van der Waals surface area contributed by atoms with E-state index >= 15 is 0 Å². The average molecular weight is 223 g/mol. The van der Waals surface area contributed by atoms with Crippen LogP contribution in [0.4, 0.5) is 0 Å². The van der Waals surface area contributed by atoms with Gasteiger partial charge in [-0.3, -0.25) is 20.4 Å². The minimum Gasteiger partial charge on any atom is -0.480 e. The van der Waals surface area contributed by atoms with Crippen molar-refractivity contribution in [3.05, 3.63) is 23.8 Å². The van der Waals surface area contributed by atoms with E-state index in [0.717, 1.165) is 0 Å². The van der Waals surface area contributed by atoms with Crippen molar-refractivity contribution in [3.63, 3.8) is 0 Å². The van der Waals surface area contributed by atoms with Gasteiger partial charge in [0.15, 0.2) is 0 Å². The first kappa shape index (κ1) is 10.4. The Morgan fingerprint density at radius 3 is 2.75 bits per heavy atom. The molecule has 0 aromatic heterocycles. The predicted molar refractivity (Wildman–Crippen MR) is 51.6 cm³/mol. The van der Waals surface area contributed by atoms with Crippen LogP contribution in [0.2, 0.25) is 0 Å². The van der Waals surface area contributed by atoms with Crippen LogP contribution < -0.4 is 16.6 Å². The van der Waals surface area contributed by atoms with Crippen molar-refractivity contribution in [1.82, 2.24) is 10.9 Å². The minimum absolute atomic E-state index is 0.0520. The first-order chi connectivity index (χ1) is 7.47. The lowest BCUT2D eigenvalue weighted by Crippen LogP contribution is -2.65. The Labute approximate surface area is 90.0 Å². The van der Waals surface area contributed by atoms with Gasteiger partial charge in [-0.05, 0) is 0 Å². The summed E-state index contributed by atoms with van der Waals surface area (Å²) in [4.78, 5) is 34.0. The smallest absolute Gasteiger partial charge is 0.328 e. The fraction of sp³-hybridized carbons (Fsp3) is 0.222. The van der Waals surface area contributed by atoms with Crippen molar-refractivity contribution in [2.24, 2.45) is 11.7 Å². The van der Waals surface area contributed by atoms with Gasteiger partial charge in [-0.2, -0.15) is 0 Å². The summed E-state index contributed by atoms with van der Waals surface area (Å²) in [6.07, 6.45) is 3.94. The highest BCUT2D eigenvalue weighted by Crippen LogP contribution is 2.30. The number of carbonyl (C=O) groups excluding carboxylic acids is 2. The summed E-state index contributed by atoms with van der Waals surface area (Å²) in [6.45, 7) is 0. The highest BCUT2D eigenvalue weighted by Gasteiger charge is 2.51. The van der Waals surface area contributed by atoms with Crippen molar-refractivity contribution < 1.29 is 19.5 Å². The SMILES string of the molecule is NC1(C(=O)O)C=CC=C2C(=O)NNC(=O)C21. The number of hydrogen-bond acceptors (Lipinski definition) is 4. The molecule has 1 saturated heterocycles. The normalized spacial score (nSPS) is 32.3. The summed E-state index contributed by atoms with van der Waals surface area (Å²) in [5.74, 6) is -3.75. The Morgan fingerprint density at radius 1 is 1.44 bits per heavy atom. The molecule has 0 bridgehead atoms. The van der Waals surface area contributed by atoms with E-state index in [2.05, 4.69) is 10.9 Å². The molecule has 0 spiro atoms. The van der Waals surface area contributed by atoms with Gasteiger partial charge < -0.3 is 10.8 Å². The first-order valence-corrected chi connectivity index (χ1v) is 4.48. The quantitative estimate of drug-likeness (QED) is 0.411. The monoisotopic (exact) mass is 223 g/mol. The number of fused-ring (bicyclic) bond motifs is 1. The van der Waals surface area contributed by atoms with Gasteiger partial charge in [0.25, 0.3) is 5.91 Å². The molecule has 16 heavy (non-hydrogen) atoms. The molecule has 0 aromatic rings. The van der Waals surface area contributed by atoms with E-state index in [1.165, 1.54) is 18.2 Å². The molecule has 0 radical (unpaired) electrons. The number of allylic oxidation sites excluding steroid dienone is 2. The van der Waals surface area contributed by atoms with E-state index in [9.17, 15) is 14.4 Å². The molecule has 7 nitrogen and oxygen atoms in total. The number of nitrogens with two attached hydrogens (primary N) is 1. The molecule has 1 aliphatic carbocycles. The highest BCUT2D eigenvalue weighted by molar-refractivity contribution is 6.08. The zero-order valence-corrected chi connectivity index (χ0v) is 8.06. The van der Waals surface area contributed by atoms with Crippen LogP contribution >= 0.6 is 0 Å². The van der Waals surface area contributed by atoms with Crippen LogP contribution in [0.25, 0.3) is 0 Å². The van der Waals surface area contributed by atoms with Gasteiger partial charge in [0.2, 0.25) is 5.91 Å². The zero-order chi connectivity index (χ0) is 11.9. The Morgan fingerprint density at radius 2 is 2.12 bits per heavy atom. The Balaban J connectivity index is 2.52. The van der Waals surface area contributed by atoms with Crippen LogP contribution in [0.5, 0.6) is 0 Å². The minimum atomic E-state index is -1.88. The van der Waals surface area contributed by atoms with Crippen LogP contribution in [0, 0.1) is 5.92 Å². The third-order valence-electron chi connectivity index (χ3n) is 2.63. The molecule has 84 valence electrons. The van der Waals surface area contributed by atoms with Crippen molar-refractivity contribution in [3.8, 4) is 0 Å². The Hall–Kier alpha value is -2.15. The second kappa shape index (κ2) is 3.17. The molecule has 2 atom stereocenters. The Kier molecular flexibility index (Phi) is 2.06. The average Bonchev–Trinajstić information content (AvgIpc) is 2.23. The first-order valence-electron chi connectivity index (χ1n) is 4.48. The molecule has 7 heteroatoms. The maximum Gasteiger partial charge on any atom is 0.328 e. The predicted octanol–water partition coefficient (Wildman–Crippen LogP) is -1.96. The summed E-state index contributed by atoms with van der Waals surface area (Å²) in [7, 11) is 0. The number of aliphatic carboxylic acids is 1. The maximum absolute atomic E-state index is 11.6. The zero-order valence-electron chi connectivity index (χ0n) is 8.06. The topological polar surface area (TPSA) is 122 Å². The van der Waals surface area contributed by atoms with Gasteiger partial charge in [0.1, 0.15) is 11.5 Å². The lowest BCUT2D eigenvalue weighted by molar-refractivity contribution is -0.147. The third kappa shape index (κ3) is 1.22. The fourth-order valence-electron chi connectivity index (χ4n) is 1.78. The molecule has 5 N–H and O–H groups in total. The molecule has 1 aliphatic heterocycles. The molecule has 2 amide bonds. The lowest BCUT2D eigenvalue weighted by atomic mass is 9.75. The van der Waals surface area contributed by atoms with Crippen molar-refractivity contribution in [2.45, 2.75) is 5.54 Å². The number of rotatable bonds is 1. The molecule has 2 aliphatic rings. The second-order valence-corrected chi connectivity index (χ2v) is 3.60. The second-order valence-electron chi connectivity index (χ2n) is 3.60. The van der Waals surface area contributed by atoms with E-state index in [1.54, 1.807) is 0 Å². The van der Waals surface area contributed by atoms with Gasteiger partial charge >= 0.3 is 5.97 Å². The molecular formula is C9H9N3O4. The molecule has 0 aromatic carbocycles. The number of carbonyl (C=O) groups is 3. The summed E-state index contributed by atoms with van der Waals surface area (Å²) in [6, 6.07) is 0. The molecule has 0 saturated carbocycles. The number of hydrogen-bond donors (Lipinski definition) is 4. The van der Waals surface area contributed by atoms with Gasteiger partial charge in [0.05, 0.1) is 0 Å². The summed E-state index contributed by atoms with van der Waals surface area (Å²) < 4.78 is 0. The van der Waals surface area contributed by atoms with Gasteiger partial charge in [-0.15, -0.1) is 0 Å². The molecule has 1 heterocycles. The highest BCUT2D eigenvalue weighted by atomic mass is 16.4. The van der Waals surface area contributed by atoms with Crippen LogP contribution in [-0.4, -0.2) is 28.4 Å². The number of nitrogens with one attached hydrogen (secondary N) is 2. The van der Waals surface area contributed by atoms with E-state index in [-0.39, 0.29) is 5.57 Å². The van der Waals surface area contributed by atoms with Crippen molar-refractivity contribution in [1.29, 1.82) is 0 Å². The number of carboxylic acids is 1. The lowest BCUT2D eigenvalue weighted by Gasteiger charge is -2.36. The standard InChI is InChI=1S/C9H9N3O4/c10-9(8(15)16)3-1-2-4-5(9)7(14)12-11-6(4)13/h1-3,5H,10H2,(H,11,13)(H,12,14)(H,15,16). The Bertz CT molecular complexity index is 454. The number of amides is 2. The third-order valence-corrected chi connectivity index (χ3v) is 2.63. The van der Waals surface area contributed by atoms with Gasteiger partial charge in [0, 0.05) is 5.57 Å². The summed E-state index contributed by atoms with van der Waals surface area (Å²) >= 11 is 0. The maximum atomic E-state index is 11.6. The van der Waals surface area contributed by atoms with E-state index in [0.29, 0.717) is 0 Å². The largest absolute Gasteiger partial charge is 0.480 e. The van der Waals surface area contributed by atoms with Crippen molar-refractivity contribution >= 4 is 17.8 Å². The van der Waals surface area contributed by atoms with E-state index < -0.39 is 29.2 Å². The fourth-order valence-corrected chi connectivity index (χ4v) is 1.78. The van der Waals surface area contributed by atoms with Crippen LogP contribution in [0.15, 0.2) is 23.8 Å². The van der Waals surface area contributed by atoms with Crippen LogP contribution in [0.3, 0.4) is 0 Å².